The standard InChI is InChI=1S/C14H19N3O3/c1-5-7-11-13-12(19-3)8-6-9-17(13,10(2)15-11)16-14(18)20-4/h6,8-9H,5,7H2,1-4H3/p+1. The van der Waals surface area contributed by atoms with E-state index in [0.717, 1.165) is 30.1 Å². The van der Waals surface area contributed by atoms with Gasteiger partial charge in [0.05, 0.1) is 14.2 Å². The molecule has 6 nitrogen and oxygen atoms in total. The molecule has 6 heteroatoms. The third-order valence-corrected chi connectivity index (χ3v) is 3.38. The molecule has 0 saturated carbocycles. The van der Waals surface area contributed by atoms with Crippen LogP contribution in [0.2, 0.25) is 0 Å². The van der Waals surface area contributed by atoms with E-state index in [1.807, 2.05) is 25.3 Å². The minimum absolute atomic E-state index is 0.0294. The lowest BCUT2D eigenvalue weighted by molar-refractivity contribution is -0.785. The molecule has 1 N–H and O–H groups in total. The molecule has 20 heavy (non-hydrogen) atoms. The fourth-order valence-electron chi connectivity index (χ4n) is 2.47. The van der Waals surface area contributed by atoms with Gasteiger partial charge in [-0.25, -0.2) is 4.79 Å². The first-order valence-electron chi connectivity index (χ1n) is 6.57. The van der Waals surface area contributed by atoms with E-state index in [1.54, 1.807) is 7.11 Å². The van der Waals surface area contributed by atoms with Crippen LogP contribution in [-0.2, 0) is 9.47 Å². The van der Waals surface area contributed by atoms with Crippen LogP contribution in [0.5, 0.6) is 0 Å². The number of carbonyl (C=O) groups is 1. The van der Waals surface area contributed by atoms with Crippen molar-refractivity contribution in [1.29, 1.82) is 0 Å². The maximum absolute atomic E-state index is 11.7. The van der Waals surface area contributed by atoms with Crippen LogP contribution in [0.3, 0.4) is 0 Å². The predicted molar refractivity (Wildman–Crippen MR) is 75.1 cm³/mol. The number of allylic oxidation sites excluding steroid dienone is 3. The van der Waals surface area contributed by atoms with Crippen molar-refractivity contribution in [2.75, 3.05) is 14.2 Å². The number of nitrogens with zero attached hydrogens (tertiary/aromatic N) is 2. The number of nitrogens with one attached hydrogen (secondary N) is 1. The van der Waals surface area contributed by atoms with Gasteiger partial charge in [0.2, 0.25) is 11.5 Å². The van der Waals surface area contributed by atoms with Gasteiger partial charge in [0.1, 0.15) is 11.9 Å². The van der Waals surface area contributed by atoms with Gasteiger partial charge in [0.15, 0.2) is 5.76 Å². The number of fused-ring (bicyclic) bond motifs is 1. The second kappa shape index (κ2) is 5.50. The number of ether oxygens (including phenoxy) is 2. The number of amides is 1. The Labute approximate surface area is 118 Å². The van der Waals surface area contributed by atoms with Crippen molar-refractivity contribution < 1.29 is 18.9 Å². The van der Waals surface area contributed by atoms with Crippen molar-refractivity contribution in [2.45, 2.75) is 26.7 Å². The van der Waals surface area contributed by atoms with Crippen molar-refractivity contribution in [3.05, 3.63) is 35.5 Å². The number of aliphatic imine (C=N–C) groups is 1. The maximum Gasteiger partial charge on any atom is 0.452 e. The molecule has 0 aliphatic carbocycles. The number of hydrogen-bond donors (Lipinski definition) is 1. The van der Waals surface area contributed by atoms with Crippen LogP contribution in [0.15, 0.2) is 40.5 Å². The molecule has 0 aromatic heterocycles. The Morgan fingerprint density at radius 1 is 1.45 bits per heavy atom. The topological polar surface area (TPSA) is 59.9 Å². The number of hydrogen-bond acceptors (Lipinski definition) is 4. The van der Waals surface area contributed by atoms with Crippen molar-refractivity contribution in [3.63, 3.8) is 0 Å². The Kier molecular flexibility index (Phi) is 3.94. The second-order valence-electron chi connectivity index (χ2n) is 4.61. The number of quaternary nitrogens is 1. The van der Waals surface area contributed by atoms with E-state index in [9.17, 15) is 4.79 Å². The Bertz CT molecular complexity index is 546. The summed E-state index contributed by atoms with van der Waals surface area (Å²) in [6, 6.07) is 0. The first-order chi connectivity index (χ1) is 9.58. The highest BCUT2D eigenvalue weighted by atomic mass is 16.5. The van der Waals surface area contributed by atoms with E-state index in [2.05, 4.69) is 17.3 Å². The largest absolute Gasteiger partial charge is 0.491 e. The van der Waals surface area contributed by atoms with Crippen molar-refractivity contribution >= 4 is 11.9 Å². The van der Waals surface area contributed by atoms with E-state index in [1.165, 1.54) is 7.11 Å². The van der Waals surface area contributed by atoms with Gasteiger partial charge in [-0.3, -0.25) is 0 Å². The molecule has 1 atom stereocenters. The predicted octanol–water partition coefficient (Wildman–Crippen LogP) is 2.58. The molecule has 0 aromatic carbocycles. The smallest absolute Gasteiger partial charge is 0.452 e. The van der Waals surface area contributed by atoms with Crippen LogP contribution in [0, 0.1) is 0 Å². The molecule has 1 amide bonds. The lowest BCUT2D eigenvalue weighted by Gasteiger charge is -2.32. The molecule has 2 aliphatic heterocycles. The molecule has 0 bridgehead atoms. The van der Waals surface area contributed by atoms with Crippen LogP contribution in [0.25, 0.3) is 0 Å². The van der Waals surface area contributed by atoms with E-state index in [-0.39, 0.29) is 4.59 Å². The van der Waals surface area contributed by atoms with Crippen molar-refractivity contribution in [2.24, 2.45) is 4.99 Å². The van der Waals surface area contributed by atoms with Gasteiger partial charge in [-0.2, -0.15) is 4.99 Å². The Balaban J connectivity index is 2.52. The maximum atomic E-state index is 11.7. The highest BCUT2D eigenvalue weighted by molar-refractivity contribution is 5.81. The Hall–Kier alpha value is -2.08. The van der Waals surface area contributed by atoms with E-state index in [4.69, 9.17) is 9.47 Å². The summed E-state index contributed by atoms with van der Waals surface area (Å²) in [6.45, 7) is 3.97. The Morgan fingerprint density at radius 3 is 2.80 bits per heavy atom. The lowest BCUT2D eigenvalue weighted by atomic mass is 10.1. The van der Waals surface area contributed by atoms with Crippen LogP contribution in [-0.4, -0.2) is 30.7 Å². The summed E-state index contributed by atoms with van der Waals surface area (Å²) in [4.78, 5) is 16.3. The first kappa shape index (κ1) is 14.3. The number of carbonyl (C=O) groups excluding carboxylic acids is 1. The van der Waals surface area contributed by atoms with Crippen molar-refractivity contribution in [3.8, 4) is 0 Å². The third kappa shape index (κ3) is 2.12. The van der Waals surface area contributed by atoms with Crippen molar-refractivity contribution in [1.82, 2.24) is 5.43 Å². The first-order valence-corrected chi connectivity index (χ1v) is 6.57. The van der Waals surface area contributed by atoms with Gasteiger partial charge in [-0.15, -0.1) is 10.0 Å². The highest BCUT2D eigenvalue weighted by Gasteiger charge is 2.48. The SMILES string of the molecule is CCCC1=C2C(OC)=CC=C[N+]2(NC(=O)OC)C(C)=N1. The third-order valence-electron chi connectivity index (χ3n) is 3.38. The quantitative estimate of drug-likeness (QED) is 0.804. The van der Waals surface area contributed by atoms with E-state index >= 15 is 0 Å². The molecule has 1 unspecified atom stereocenters. The minimum Gasteiger partial charge on any atom is -0.491 e. The molecule has 0 spiro atoms. The number of amidine groups is 1. The zero-order valence-electron chi connectivity index (χ0n) is 12.3. The highest BCUT2D eigenvalue weighted by Crippen LogP contribution is 2.38. The summed E-state index contributed by atoms with van der Waals surface area (Å²) < 4.78 is 10.2. The lowest BCUT2D eigenvalue weighted by Crippen LogP contribution is -2.58. The molecular weight excluding hydrogens is 258 g/mol. The second-order valence-corrected chi connectivity index (χ2v) is 4.61. The number of rotatable bonds is 4. The van der Waals surface area contributed by atoms with Crippen LogP contribution in [0.1, 0.15) is 26.7 Å². The summed E-state index contributed by atoms with van der Waals surface area (Å²) in [5.74, 6) is 1.46. The fourth-order valence-corrected chi connectivity index (χ4v) is 2.47. The molecule has 0 aromatic rings. The Morgan fingerprint density at radius 2 is 2.20 bits per heavy atom. The summed E-state index contributed by atoms with van der Waals surface area (Å²) in [6.07, 6.45) is 6.84. The average Bonchev–Trinajstić information content (AvgIpc) is 2.72. The average molecular weight is 278 g/mol. The summed E-state index contributed by atoms with van der Waals surface area (Å²) in [5, 5.41) is 0. The minimum atomic E-state index is -0.517. The molecular formula is C14H20N3O3+. The van der Waals surface area contributed by atoms with Gasteiger partial charge < -0.3 is 9.47 Å². The van der Waals surface area contributed by atoms with E-state index in [0.29, 0.717) is 5.76 Å². The van der Waals surface area contributed by atoms with Gasteiger partial charge in [-0.1, -0.05) is 13.3 Å². The molecule has 0 saturated heterocycles. The molecule has 2 rings (SSSR count). The summed E-state index contributed by atoms with van der Waals surface area (Å²) in [7, 11) is 2.95. The normalized spacial score (nSPS) is 24.0. The molecule has 0 radical (unpaired) electrons. The van der Waals surface area contributed by atoms with Gasteiger partial charge in [0.25, 0.3) is 0 Å². The van der Waals surface area contributed by atoms with Crippen LogP contribution < -0.4 is 5.43 Å². The fraction of sp³-hybridized carbons (Fsp3) is 0.429. The zero-order valence-corrected chi connectivity index (χ0v) is 12.3. The number of methoxy groups -OCH3 is 2. The van der Waals surface area contributed by atoms with Gasteiger partial charge in [0, 0.05) is 6.92 Å². The van der Waals surface area contributed by atoms with Crippen LogP contribution in [0.4, 0.5) is 4.79 Å². The summed E-state index contributed by atoms with van der Waals surface area (Å²) >= 11 is 0. The van der Waals surface area contributed by atoms with Crippen LogP contribution >= 0.6 is 0 Å². The zero-order chi connectivity index (χ0) is 14.8. The molecule has 108 valence electrons. The van der Waals surface area contributed by atoms with E-state index < -0.39 is 6.09 Å². The summed E-state index contributed by atoms with van der Waals surface area (Å²) in [5.41, 5.74) is 4.60. The molecule has 2 aliphatic rings. The molecule has 0 fully saturated rings. The monoisotopic (exact) mass is 278 g/mol. The van der Waals surface area contributed by atoms with Gasteiger partial charge >= 0.3 is 6.09 Å². The molecule has 2 heterocycles. The van der Waals surface area contributed by atoms with Gasteiger partial charge in [-0.05, 0) is 18.6 Å².